The first-order valence-electron chi connectivity index (χ1n) is 9.07. The number of nitrogens with zero attached hydrogens (tertiary/aromatic N) is 3. The van der Waals surface area contributed by atoms with Gasteiger partial charge in [0.2, 0.25) is 5.91 Å². The molecule has 1 fully saturated rings. The fourth-order valence-electron chi connectivity index (χ4n) is 2.86. The number of thiazole rings is 1. The number of hydrogen-bond acceptors (Lipinski definition) is 7. The SMILES string of the molecule is CCOC(=O)c1sc(CN2CCN(CC(=O)NC(C)(C)C)CC2)nc1C. The number of esters is 1. The normalized spacial score (nSPS) is 16.5. The standard InChI is InChI=1S/C18H30N4O3S/c1-6-25-17(24)16-13(2)19-15(26-16)12-22-9-7-21(8-10-22)11-14(23)20-18(3,4)5/h6-12H2,1-5H3,(H,20,23). The van der Waals surface area contributed by atoms with E-state index in [9.17, 15) is 9.59 Å². The van der Waals surface area contributed by atoms with Crippen molar-refractivity contribution in [2.45, 2.75) is 46.7 Å². The molecule has 8 heteroatoms. The molecule has 1 aliphatic heterocycles. The lowest BCUT2D eigenvalue weighted by Crippen LogP contribution is -2.51. The lowest BCUT2D eigenvalue weighted by Gasteiger charge is -2.34. The van der Waals surface area contributed by atoms with E-state index >= 15 is 0 Å². The van der Waals surface area contributed by atoms with Gasteiger partial charge < -0.3 is 10.1 Å². The molecule has 0 spiro atoms. The van der Waals surface area contributed by atoms with Crippen molar-refractivity contribution in [1.29, 1.82) is 0 Å². The molecule has 0 radical (unpaired) electrons. The van der Waals surface area contributed by atoms with Gasteiger partial charge in [0.1, 0.15) is 9.88 Å². The summed E-state index contributed by atoms with van der Waals surface area (Å²) in [5, 5.41) is 3.94. The first-order chi connectivity index (χ1) is 12.2. The Morgan fingerprint density at radius 2 is 1.81 bits per heavy atom. The van der Waals surface area contributed by atoms with Crippen LogP contribution < -0.4 is 5.32 Å². The molecule has 1 amide bonds. The minimum absolute atomic E-state index is 0.0700. The van der Waals surface area contributed by atoms with E-state index in [1.165, 1.54) is 11.3 Å². The molecule has 1 saturated heterocycles. The highest BCUT2D eigenvalue weighted by Crippen LogP contribution is 2.21. The van der Waals surface area contributed by atoms with E-state index in [0.717, 1.165) is 43.4 Å². The van der Waals surface area contributed by atoms with Crippen molar-refractivity contribution in [3.05, 3.63) is 15.6 Å². The molecule has 2 heterocycles. The molecule has 26 heavy (non-hydrogen) atoms. The number of amides is 1. The third-order valence-electron chi connectivity index (χ3n) is 4.01. The predicted octanol–water partition coefficient (Wildman–Crippen LogP) is 1.66. The maximum atomic E-state index is 12.0. The highest BCUT2D eigenvalue weighted by molar-refractivity contribution is 7.13. The lowest BCUT2D eigenvalue weighted by atomic mass is 10.1. The van der Waals surface area contributed by atoms with Crippen molar-refractivity contribution >= 4 is 23.2 Å². The van der Waals surface area contributed by atoms with Gasteiger partial charge in [0.05, 0.1) is 25.4 Å². The van der Waals surface area contributed by atoms with Crippen molar-refractivity contribution in [3.8, 4) is 0 Å². The molecule has 1 aromatic rings. The monoisotopic (exact) mass is 382 g/mol. The average molecular weight is 383 g/mol. The lowest BCUT2D eigenvalue weighted by molar-refractivity contribution is -0.124. The Morgan fingerprint density at radius 1 is 1.19 bits per heavy atom. The number of carbonyl (C=O) groups excluding carboxylic acids is 2. The van der Waals surface area contributed by atoms with Crippen molar-refractivity contribution in [2.75, 3.05) is 39.3 Å². The Bertz CT molecular complexity index is 631. The van der Waals surface area contributed by atoms with Gasteiger partial charge in [-0.1, -0.05) is 0 Å². The molecule has 1 N–H and O–H groups in total. The molecule has 1 aliphatic rings. The summed E-state index contributed by atoms with van der Waals surface area (Å²) in [5.74, 6) is -0.219. The highest BCUT2D eigenvalue weighted by atomic mass is 32.1. The molecule has 0 atom stereocenters. The summed E-state index contributed by atoms with van der Waals surface area (Å²) in [5.41, 5.74) is 0.541. The third-order valence-corrected chi connectivity index (χ3v) is 5.13. The van der Waals surface area contributed by atoms with Gasteiger partial charge in [-0.25, -0.2) is 9.78 Å². The van der Waals surface area contributed by atoms with Gasteiger partial charge in [-0.15, -0.1) is 11.3 Å². The van der Waals surface area contributed by atoms with Gasteiger partial charge in [0.15, 0.2) is 0 Å². The van der Waals surface area contributed by atoms with Crippen LogP contribution in [-0.4, -0.2) is 71.5 Å². The number of hydrogen-bond donors (Lipinski definition) is 1. The Balaban J connectivity index is 1.81. The second-order valence-electron chi connectivity index (χ2n) is 7.59. The summed E-state index contributed by atoms with van der Waals surface area (Å²) >= 11 is 1.41. The van der Waals surface area contributed by atoms with E-state index in [0.29, 0.717) is 18.0 Å². The van der Waals surface area contributed by atoms with E-state index in [2.05, 4.69) is 20.1 Å². The molecule has 0 aliphatic carbocycles. The van der Waals surface area contributed by atoms with Crippen LogP contribution in [0.15, 0.2) is 0 Å². The van der Waals surface area contributed by atoms with Crippen molar-refractivity contribution in [2.24, 2.45) is 0 Å². The first-order valence-corrected chi connectivity index (χ1v) is 9.88. The Kier molecular flexibility index (Phi) is 7.14. The Morgan fingerprint density at radius 3 is 2.38 bits per heavy atom. The molecule has 0 aromatic carbocycles. The van der Waals surface area contributed by atoms with Crippen LogP contribution in [-0.2, 0) is 16.1 Å². The first kappa shape index (κ1) is 20.8. The van der Waals surface area contributed by atoms with Gasteiger partial charge in [0.25, 0.3) is 0 Å². The second-order valence-corrected chi connectivity index (χ2v) is 8.68. The highest BCUT2D eigenvalue weighted by Gasteiger charge is 2.23. The van der Waals surface area contributed by atoms with E-state index in [4.69, 9.17) is 4.74 Å². The van der Waals surface area contributed by atoms with Gasteiger partial charge >= 0.3 is 5.97 Å². The van der Waals surface area contributed by atoms with Crippen molar-refractivity contribution in [1.82, 2.24) is 20.1 Å². The number of nitrogens with one attached hydrogen (secondary N) is 1. The van der Waals surface area contributed by atoms with Crippen LogP contribution in [0, 0.1) is 6.92 Å². The maximum absolute atomic E-state index is 12.0. The summed E-state index contributed by atoms with van der Waals surface area (Å²) in [6.45, 7) is 14.6. The largest absolute Gasteiger partial charge is 0.462 e. The molecule has 0 bridgehead atoms. The molecule has 2 rings (SSSR count). The maximum Gasteiger partial charge on any atom is 0.350 e. The molecule has 0 saturated carbocycles. The number of ether oxygens (including phenoxy) is 1. The summed E-state index contributed by atoms with van der Waals surface area (Å²) in [6, 6.07) is 0. The Hall–Kier alpha value is -1.51. The molecular formula is C18H30N4O3S. The van der Waals surface area contributed by atoms with Crippen LogP contribution in [0.1, 0.15) is 48.1 Å². The quantitative estimate of drug-likeness (QED) is 0.754. The number of aryl methyl sites for hydroxylation is 1. The van der Waals surface area contributed by atoms with Crippen LogP contribution in [0.5, 0.6) is 0 Å². The van der Waals surface area contributed by atoms with Crippen LogP contribution in [0.2, 0.25) is 0 Å². The van der Waals surface area contributed by atoms with Crippen LogP contribution >= 0.6 is 11.3 Å². The zero-order valence-corrected chi connectivity index (χ0v) is 17.2. The summed E-state index contributed by atoms with van der Waals surface area (Å²) in [6.07, 6.45) is 0. The van der Waals surface area contributed by atoms with Gasteiger partial charge in [-0.2, -0.15) is 0 Å². The minimum Gasteiger partial charge on any atom is -0.462 e. The number of aromatic nitrogens is 1. The predicted molar refractivity (Wildman–Crippen MR) is 102 cm³/mol. The summed E-state index contributed by atoms with van der Waals surface area (Å²) in [4.78, 5) is 33.5. The summed E-state index contributed by atoms with van der Waals surface area (Å²) < 4.78 is 5.07. The molecule has 7 nitrogen and oxygen atoms in total. The fourth-order valence-corrected chi connectivity index (χ4v) is 3.86. The fraction of sp³-hybridized carbons (Fsp3) is 0.722. The summed E-state index contributed by atoms with van der Waals surface area (Å²) in [7, 11) is 0. The molecule has 0 unspecified atom stereocenters. The van der Waals surface area contributed by atoms with Gasteiger partial charge in [0, 0.05) is 31.7 Å². The second kappa shape index (κ2) is 8.92. The van der Waals surface area contributed by atoms with Gasteiger partial charge in [-0.05, 0) is 34.6 Å². The van der Waals surface area contributed by atoms with E-state index in [-0.39, 0.29) is 17.4 Å². The zero-order chi connectivity index (χ0) is 19.3. The Labute approximate surface area is 159 Å². The van der Waals surface area contributed by atoms with E-state index in [1.807, 2.05) is 27.7 Å². The minimum atomic E-state index is -0.288. The molecule has 146 valence electrons. The number of piperazine rings is 1. The van der Waals surface area contributed by atoms with Crippen LogP contribution in [0.4, 0.5) is 0 Å². The van der Waals surface area contributed by atoms with Crippen LogP contribution in [0.3, 0.4) is 0 Å². The topological polar surface area (TPSA) is 74.8 Å². The third kappa shape index (κ3) is 6.34. The zero-order valence-electron chi connectivity index (χ0n) is 16.4. The van der Waals surface area contributed by atoms with Crippen LogP contribution in [0.25, 0.3) is 0 Å². The average Bonchev–Trinajstić information content (AvgIpc) is 2.88. The van der Waals surface area contributed by atoms with Crippen molar-refractivity contribution < 1.29 is 14.3 Å². The van der Waals surface area contributed by atoms with Crippen molar-refractivity contribution in [3.63, 3.8) is 0 Å². The van der Waals surface area contributed by atoms with E-state index < -0.39 is 0 Å². The number of rotatable bonds is 6. The molecule has 1 aromatic heterocycles. The smallest absolute Gasteiger partial charge is 0.350 e. The van der Waals surface area contributed by atoms with E-state index in [1.54, 1.807) is 6.92 Å². The molecular weight excluding hydrogens is 352 g/mol. The van der Waals surface area contributed by atoms with Gasteiger partial charge in [-0.3, -0.25) is 14.6 Å². The number of carbonyl (C=O) groups is 2.